The standard InChI is InChI=1S/C25H20F2/c1-2-5-17-8-14-23-20(16-17)13-15-22(25(23)27)19-11-9-18(10-12-19)21-6-3-4-7-24(21)26/h3-4,6-16H,2,5H2,1H3. The van der Waals surface area contributed by atoms with Crippen LogP contribution in [0.2, 0.25) is 0 Å². The minimum absolute atomic E-state index is 0.214. The Morgan fingerprint density at radius 2 is 1.41 bits per heavy atom. The molecule has 0 fully saturated rings. The fraction of sp³-hybridized carbons (Fsp3) is 0.120. The molecule has 0 saturated heterocycles. The van der Waals surface area contributed by atoms with Gasteiger partial charge in [-0.05, 0) is 34.6 Å². The molecule has 0 aromatic heterocycles. The third kappa shape index (κ3) is 3.35. The van der Waals surface area contributed by atoms with Crippen LogP contribution in [0.15, 0.2) is 78.9 Å². The first-order valence-electron chi connectivity index (χ1n) is 9.24. The molecule has 0 nitrogen and oxygen atoms in total. The van der Waals surface area contributed by atoms with Crippen molar-refractivity contribution in [2.75, 3.05) is 0 Å². The molecule has 2 heteroatoms. The maximum Gasteiger partial charge on any atom is 0.138 e. The minimum atomic E-state index is -0.259. The molecule has 0 unspecified atom stereocenters. The predicted octanol–water partition coefficient (Wildman–Crippen LogP) is 7.40. The van der Waals surface area contributed by atoms with Gasteiger partial charge in [-0.15, -0.1) is 0 Å². The lowest BCUT2D eigenvalue weighted by atomic mass is 9.96. The summed E-state index contributed by atoms with van der Waals surface area (Å²) in [5.41, 5.74) is 3.90. The maximum absolute atomic E-state index is 15.1. The van der Waals surface area contributed by atoms with Crippen molar-refractivity contribution in [1.82, 2.24) is 0 Å². The van der Waals surface area contributed by atoms with Crippen molar-refractivity contribution >= 4 is 10.8 Å². The van der Waals surface area contributed by atoms with E-state index in [1.807, 2.05) is 54.6 Å². The Bertz CT molecular complexity index is 1100. The predicted molar refractivity (Wildman–Crippen MR) is 109 cm³/mol. The van der Waals surface area contributed by atoms with Crippen molar-refractivity contribution in [2.24, 2.45) is 0 Å². The lowest BCUT2D eigenvalue weighted by molar-refractivity contribution is 0.631. The highest BCUT2D eigenvalue weighted by Crippen LogP contribution is 2.31. The zero-order chi connectivity index (χ0) is 18.8. The van der Waals surface area contributed by atoms with E-state index in [1.165, 1.54) is 11.6 Å². The SMILES string of the molecule is CCCc1ccc2c(F)c(-c3ccc(-c4ccccc4F)cc3)ccc2c1. The van der Waals surface area contributed by atoms with Gasteiger partial charge in [0.25, 0.3) is 0 Å². The Labute approximate surface area is 158 Å². The van der Waals surface area contributed by atoms with Crippen molar-refractivity contribution in [2.45, 2.75) is 19.8 Å². The normalized spacial score (nSPS) is 11.1. The molecule has 134 valence electrons. The molecule has 0 aliphatic rings. The van der Waals surface area contributed by atoms with Crippen LogP contribution < -0.4 is 0 Å². The number of hydrogen-bond donors (Lipinski definition) is 0. The highest BCUT2D eigenvalue weighted by Gasteiger charge is 2.11. The monoisotopic (exact) mass is 358 g/mol. The van der Waals surface area contributed by atoms with Crippen LogP contribution in [-0.2, 0) is 6.42 Å². The number of halogens is 2. The molecule has 4 rings (SSSR count). The van der Waals surface area contributed by atoms with Crippen LogP contribution in [0.4, 0.5) is 8.78 Å². The van der Waals surface area contributed by atoms with Gasteiger partial charge in [0.2, 0.25) is 0 Å². The van der Waals surface area contributed by atoms with Crippen molar-refractivity contribution < 1.29 is 8.78 Å². The molecule has 0 aliphatic carbocycles. The summed E-state index contributed by atoms with van der Waals surface area (Å²) >= 11 is 0. The van der Waals surface area contributed by atoms with E-state index in [2.05, 4.69) is 13.0 Å². The lowest BCUT2D eigenvalue weighted by Gasteiger charge is -2.10. The van der Waals surface area contributed by atoms with E-state index in [4.69, 9.17) is 0 Å². The maximum atomic E-state index is 15.1. The summed E-state index contributed by atoms with van der Waals surface area (Å²) in [6.45, 7) is 2.14. The van der Waals surface area contributed by atoms with Gasteiger partial charge in [-0.2, -0.15) is 0 Å². The van der Waals surface area contributed by atoms with Gasteiger partial charge < -0.3 is 0 Å². The van der Waals surface area contributed by atoms with Crippen LogP contribution in [0.25, 0.3) is 33.0 Å². The van der Waals surface area contributed by atoms with E-state index in [-0.39, 0.29) is 11.6 Å². The molecule has 0 spiro atoms. The van der Waals surface area contributed by atoms with Gasteiger partial charge in [0, 0.05) is 16.5 Å². The molecular weight excluding hydrogens is 338 g/mol. The second kappa shape index (κ2) is 7.32. The summed E-state index contributed by atoms with van der Waals surface area (Å²) in [5.74, 6) is -0.473. The Morgan fingerprint density at radius 1 is 0.704 bits per heavy atom. The van der Waals surface area contributed by atoms with Gasteiger partial charge in [-0.25, -0.2) is 8.78 Å². The van der Waals surface area contributed by atoms with Crippen molar-refractivity contribution in [3.8, 4) is 22.3 Å². The van der Waals surface area contributed by atoms with Crippen molar-refractivity contribution in [3.63, 3.8) is 0 Å². The quantitative estimate of drug-likeness (QED) is 0.356. The molecule has 4 aromatic rings. The van der Waals surface area contributed by atoms with E-state index in [1.54, 1.807) is 12.1 Å². The Kier molecular flexibility index (Phi) is 4.72. The van der Waals surface area contributed by atoms with Crippen molar-refractivity contribution in [3.05, 3.63) is 96.1 Å². The Hall–Kier alpha value is -3.00. The highest BCUT2D eigenvalue weighted by atomic mass is 19.1. The Morgan fingerprint density at radius 3 is 2.11 bits per heavy atom. The highest BCUT2D eigenvalue weighted by molar-refractivity contribution is 5.89. The number of hydrogen-bond acceptors (Lipinski definition) is 0. The second-order valence-corrected chi connectivity index (χ2v) is 6.79. The molecule has 0 heterocycles. The third-order valence-electron chi connectivity index (χ3n) is 4.94. The van der Waals surface area contributed by atoms with E-state index < -0.39 is 0 Å². The number of aryl methyl sites for hydroxylation is 1. The van der Waals surface area contributed by atoms with Crippen LogP contribution in [0, 0.1) is 11.6 Å². The first-order valence-corrected chi connectivity index (χ1v) is 9.24. The summed E-state index contributed by atoms with van der Waals surface area (Å²) in [6, 6.07) is 23.8. The average molecular weight is 358 g/mol. The van der Waals surface area contributed by atoms with Gasteiger partial charge >= 0.3 is 0 Å². The molecule has 0 aliphatic heterocycles. The topological polar surface area (TPSA) is 0 Å². The summed E-state index contributed by atoms with van der Waals surface area (Å²) in [4.78, 5) is 0. The van der Waals surface area contributed by atoms with Crippen LogP contribution >= 0.6 is 0 Å². The van der Waals surface area contributed by atoms with E-state index in [0.717, 1.165) is 29.4 Å². The first-order chi connectivity index (χ1) is 13.2. The minimum Gasteiger partial charge on any atom is -0.206 e. The van der Waals surface area contributed by atoms with Gasteiger partial charge in [0.1, 0.15) is 11.6 Å². The zero-order valence-corrected chi connectivity index (χ0v) is 15.2. The number of rotatable bonds is 4. The fourth-order valence-electron chi connectivity index (χ4n) is 3.53. The Balaban J connectivity index is 1.73. The first kappa shape index (κ1) is 17.4. The molecule has 4 aromatic carbocycles. The van der Waals surface area contributed by atoms with Crippen LogP contribution in [0.1, 0.15) is 18.9 Å². The van der Waals surface area contributed by atoms with Crippen LogP contribution in [0.3, 0.4) is 0 Å². The molecule has 0 saturated carbocycles. The zero-order valence-electron chi connectivity index (χ0n) is 15.2. The smallest absolute Gasteiger partial charge is 0.138 e. The number of fused-ring (bicyclic) bond motifs is 1. The molecule has 27 heavy (non-hydrogen) atoms. The molecular formula is C25H20F2. The largest absolute Gasteiger partial charge is 0.206 e. The van der Waals surface area contributed by atoms with E-state index in [0.29, 0.717) is 16.5 Å². The van der Waals surface area contributed by atoms with Gasteiger partial charge in [0.05, 0.1) is 0 Å². The van der Waals surface area contributed by atoms with Crippen LogP contribution in [0.5, 0.6) is 0 Å². The molecule has 0 bridgehead atoms. The lowest BCUT2D eigenvalue weighted by Crippen LogP contribution is -1.90. The fourth-order valence-corrected chi connectivity index (χ4v) is 3.53. The van der Waals surface area contributed by atoms with E-state index in [9.17, 15) is 4.39 Å². The summed E-state index contributed by atoms with van der Waals surface area (Å²) < 4.78 is 29.1. The second-order valence-electron chi connectivity index (χ2n) is 6.79. The summed E-state index contributed by atoms with van der Waals surface area (Å²) in [5, 5.41) is 1.55. The molecule has 0 N–H and O–H groups in total. The summed E-state index contributed by atoms with van der Waals surface area (Å²) in [6.07, 6.45) is 2.07. The third-order valence-corrected chi connectivity index (χ3v) is 4.94. The van der Waals surface area contributed by atoms with Crippen molar-refractivity contribution in [1.29, 1.82) is 0 Å². The molecule has 0 atom stereocenters. The number of benzene rings is 4. The van der Waals surface area contributed by atoms with Gasteiger partial charge in [-0.1, -0.05) is 86.1 Å². The molecule has 0 radical (unpaired) electrons. The van der Waals surface area contributed by atoms with E-state index >= 15 is 4.39 Å². The molecule has 0 amide bonds. The van der Waals surface area contributed by atoms with Gasteiger partial charge in [0.15, 0.2) is 0 Å². The van der Waals surface area contributed by atoms with Crippen LogP contribution in [-0.4, -0.2) is 0 Å². The average Bonchev–Trinajstić information content (AvgIpc) is 2.69. The summed E-state index contributed by atoms with van der Waals surface area (Å²) in [7, 11) is 0. The van der Waals surface area contributed by atoms with Gasteiger partial charge in [-0.3, -0.25) is 0 Å².